The molecule has 0 saturated carbocycles. The van der Waals surface area contributed by atoms with E-state index in [9.17, 15) is 32.4 Å². The number of alkyl halides is 3. The minimum absolute atomic E-state index is 0. The number of ketones is 1. The molecule has 0 spiro atoms. The van der Waals surface area contributed by atoms with Gasteiger partial charge < -0.3 is 9.67 Å². The molecule has 0 bridgehead atoms. The summed E-state index contributed by atoms with van der Waals surface area (Å²) in [6, 6.07) is 55.8. The van der Waals surface area contributed by atoms with Crippen molar-refractivity contribution in [3.8, 4) is 22.6 Å². The quantitative estimate of drug-likeness (QED) is 0.103. The van der Waals surface area contributed by atoms with Gasteiger partial charge in [-0.25, -0.2) is 0 Å². The smallest absolute Gasteiger partial charge is 0.455 e. The van der Waals surface area contributed by atoms with Crippen molar-refractivity contribution >= 4 is 50.5 Å². The number of carbonyl (C=O) groups excluding carboxylic acids is 1. The first-order chi connectivity index (χ1) is 26.1. The number of hydrogen-bond donors (Lipinski definition) is 1. The number of carbonyl (C=O) groups is 1. The number of halogens is 3. The molecule has 0 aliphatic rings. The molecule has 1 heterocycles. The maximum absolute atomic E-state index is 14.6. The molecule has 0 fully saturated rings. The monoisotopic (exact) mass is 890 g/mol. The topological polar surface area (TPSA) is 76.4 Å². The van der Waals surface area contributed by atoms with Crippen LogP contribution in [0.4, 0.5) is 13.2 Å². The van der Waals surface area contributed by atoms with Gasteiger partial charge in [-0.2, -0.15) is 13.2 Å². The van der Waals surface area contributed by atoms with Crippen LogP contribution in [0.3, 0.4) is 0 Å². The predicted molar refractivity (Wildman–Crippen MR) is 210 cm³/mol. The van der Waals surface area contributed by atoms with E-state index in [2.05, 4.69) is 18.2 Å². The summed E-state index contributed by atoms with van der Waals surface area (Å²) in [5.41, 5.74) is 0.0588. The fourth-order valence-electron chi connectivity index (χ4n) is 6.64. The van der Waals surface area contributed by atoms with Gasteiger partial charge in [0.2, 0.25) is 0 Å². The minimum atomic E-state index is -5.30. The molecule has 7 aromatic carbocycles. The van der Waals surface area contributed by atoms with Crippen LogP contribution in [0.15, 0.2) is 187 Å². The third-order valence-electron chi connectivity index (χ3n) is 9.11. The molecule has 0 amide bonds. The first-order valence-corrected chi connectivity index (χ1v) is 18.6. The van der Waals surface area contributed by atoms with Gasteiger partial charge in [-0.05, 0) is 40.1 Å². The molecule has 1 radical (unpaired) electrons. The molecule has 1 aromatic heterocycles. The van der Waals surface area contributed by atoms with Crippen LogP contribution in [0.1, 0.15) is 10.4 Å². The molecule has 10 heteroatoms. The Morgan fingerprint density at radius 2 is 1.09 bits per heavy atom. The summed E-state index contributed by atoms with van der Waals surface area (Å²) >= 11 is 0. The van der Waals surface area contributed by atoms with Crippen LogP contribution < -0.4 is 21.5 Å². The molecular formula is C45H31EuF3NO4P. The van der Waals surface area contributed by atoms with Crippen LogP contribution in [0.25, 0.3) is 38.5 Å². The number of rotatable bonds is 6. The van der Waals surface area contributed by atoms with Crippen molar-refractivity contribution in [3.63, 3.8) is 0 Å². The Bertz CT molecular complexity index is 2680. The number of nitrogens with zero attached hydrogens (tertiary/aromatic N) is 1. The van der Waals surface area contributed by atoms with Crippen LogP contribution in [0, 0.1) is 49.4 Å². The summed E-state index contributed by atoms with van der Waals surface area (Å²) in [5.74, 6) is -3.35. The number of para-hydroxylation sites is 1. The van der Waals surface area contributed by atoms with Crippen molar-refractivity contribution in [1.29, 1.82) is 0 Å². The summed E-state index contributed by atoms with van der Waals surface area (Å²) in [5, 5.41) is 14.3. The summed E-state index contributed by atoms with van der Waals surface area (Å²) in [4.78, 5) is 24.9. The van der Waals surface area contributed by atoms with Gasteiger partial charge in [0.15, 0.2) is 7.14 Å². The van der Waals surface area contributed by atoms with Gasteiger partial charge in [0, 0.05) is 76.4 Å². The van der Waals surface area contributed by atoms with E-state index >= 15 is 0 Å². The number of fused-ring (bicyclic) bond motifs is 3. The second kappa shape index (κ2) is 16.8. The molecule has 8 rings (SSSR count). The second-order valence-electron chi connectivity index (χ2n) is 12.4. The third-order valence-corrected chi connectivity index (χ3v) is 12.2. The molecule has 1 N–H and O–H groups in total. The summed E-state index contributed by atoms with van der Waals surface area (Å²) < 4.78 is 55.0. The largest absolute Gasteiger partial charge is 0.506 e. The standard InChI is InChI=1S/C24H19OP.C21H12F3NO3.Eu/c25-26(21-14-6-2-7-15-21,22-16-8-3-9-17-22)24-19-11-10-18-23(24)20-12-4-1-5-13-20;22-21(23,24)19(27)17-18(26)16-14-9-5-4-6-12(14)10-11-15(16)25(20(17)28)13-7-2-1-3-8-13;/h1-19H;1-11,26H;. The molecule has 0 unspecified atom stereocenters. The number of Topliss-reactive ketones (excluding diaryl/α,β-unsaturated/α-hetero) is 1. The van der Waals surface area contributed by atoms with E-state index in [0.717, 1.165) is 31.6 Å². The zero-order valence-corrected chi connectivity index (χ0v) is 32.2. The number of pyridine rings is 1. The van der Waals surface area contributed by atoms with E-state index in [-0.39, 0.29) is 66.0 Å². The second-order valence-corrected chi connectivity index (χ2v) is 15.1. The molecular weight excluding hydrogens is 858 g/mol. The Hall–Kier alpha value is -4.92. The van der Waals surface area contributed by atoms with E-state index in [1.807, 2.05) is 97.1 Å². The predicted octanol–water partition coefficient (Wildman–Crippen LogP) is 9.59. The summed E-state index contributed by atoms with van der Waals surface area (Å²) in [6.07, 6.45) is -5.30. The third kappa shape index (κ3) is 7.80. The Kier molecular flexibility index (Phi) is 12.2. The molecule has 0 saturated heterocycles. The Morgan fingerprint density at radius 1 is 0.600 bits per heavy atom. The van der Waals surface area contributed by atoms with Crippen molar-refractivity contribution < 1.29 is 77.0 Å². The normalized spacial score (nSPS) is 11.3. The minimum Gasteiger partial charge on any atom is -0.506 e. The van der Waals surface area contributed by atoms with Gasteiger partial charge >= 0.3 is 6.18 Å². The Morgan fingerprint density at radius 3 is 1.67 bits per heavy atom. The van der Waals surface area contributed by atoms with Gasteiger partial charge in [0.05, 0.1) is 5.52 Å². The van der Waals surface area contributed by atoms with Gasteiger partial charge in [0.25, 0.3) is 11.3 Å². The molecule has 8 aromatic rings. The molecule has 0 aliphatic carbocycles. The fourth-order valence-corrected chi connectivity index (χ4v) is 9.51. The zero-order chi connectivity index (χ0) is 37.9. The first kappa shape index (κ1) is 39.8. The van der Waals surface area contributed by atoms with Crippen molar-refractivity contribution in [3.05, 3.63) is 198 Å². The van der Waals surface area contributed by atoms with Gasteiger partial charge in [-0.3, -0.25) is 14.2 Å². The van der Waals surface area contributed by atoms with E-state index in [4.69, 9.17) is 0 Å². The van der Waals surface area contributed by atoms with Crippen molar-refractivity contribution in [2.75, 3.05) is 0 Å². The maximum atomic E-state index is 14.6. The van der Waals surface area contributed by atoms with Crippen LogP contribution >= 0.6 is 7.14 Å². The number of aromatic hydroxyl groups is 1. The van der Waals surface area contributed by atoms with Crippen LogP contribution in [0.5, 0.6) is 5.75 Å². The zero-order valence-electron chi connectivity index (χ0n) is 28.9. The van der Waals surface area contributed by atoms with Crippen molar-refractivity contribution in [2.45, 2.75) is 6.18 Å². The van der Waals surface area contributed by atoms with E-state index in [1.165, 1.54) is 18.2 Å². The summed E-state index contributed by atoms with van der Waals surface area (Å²) in [6.45, 7) is 0. The van der Waals surface area contributed by atoms with Gasteiger partial charge in [-0.1, -0.05) is 164 Å². The van der Waals surface area contributed by atoms with Gasteiger partial charge in [0.1, 0.15) is 11.3 Å². The maximum Gasteiger partial charge on any atom is 0.455 e. The first-order valence-electron chi connectivity index (χ1n) is 16.9. The Labute approximate surface area is 355 Å². The summed E-state index contributed by atoms with van der Waals surface area (Å²) in [7, 11) is -2.98. The van der Waals surface area contributed by atoms with Crippen molar-refractivity contribution in [2.24, 2.45) is 0 Å². The Balaban J connectivity index is 0.000000184. The molecule has 0 atom stereocenters. The molecule has 0 aliphatic heterocycles. The van der Waals surface area contributed by atoms with Crippen LogP contribution in [-0.2, 0) is 4.57 Å². The fraction of sp³-hybridized carbons (Fsp3) is 0.0222. The SMILES string of the molecule is O=C(c1c(O)c2c3ccccc3ccc2n(-c2ccccc2)c1=O)C(F)(F)F.O=P(c1ccccc1)(c1ccccc1)c1ccccc1-c1ccccc1.[Eu]. The van der Waals surface area contributed by atoms with Gasteiger partial charge in [-0.15, -0.1) is 0 Å². The average molecular weight is 890 g/mol. The number of hydrogen-bond acceptors (Lipinski definition) is 4. The average Bonchev–Trinajstić information content (AvgIpc) is 3.21. The molecule has 273 valence electrons. The number of benzene rings is 7. The van der Waals surface area contributed by atoms with E-state index in [1.54, 1.807) is 48.5 Å². The van der Waals surface area contributed by atoms with Crippen LogP contribution in [-0.4, -0.2) is 21.6 Å². The van der Waals surface area contributed by atoms with E-state index in [0.29, 0.717) is 10.8 Å². The van der Waals surface area contributed by atoms with Crippen molar-refractivity contribution in [1.82, 2.24) is 4.57 Å². The number of aromatic nitrogens is 1. The molecule has 55 heavy (non-hydrogen) atoms. The van der Waals surface area contributed by atoms with Crippen LogP contribution in [0.2, 0.25) is 0 Å². The molecule has 5 nitrogen and oxygen atoms in total. The van der Waals surface area contributed by atoms with E-state index < -0.39 is 36.0 Å².